The second-order valence-corrected chi connectivity index (χ2v) is 7.04. The summed E-state index contributed by atoms with van der Waals surface area (Å²) in [4.78, 5) is 23.0. The van der Waals surface area contributed by atoms with E-state index in [-0.39, 0.29) is 6.61 Å². The van der Waals surface area contributed by atoms with Gasteiger partial charge in [0.2, 0.25) is 0 Å². The van der Waals surface area contributed by atoms with Gasteiger partial charge in [-0.2, -0.15) is 0 Å². The molecule has 154 valence electrons. The van der Waals surface area contributed by atoms with Gasteiger partial charge in [0.25, 0.3) is 0 Å². The van der Waals surface area contributed by atoms with Crippen LogP contribution in [0.25, 0.3) is 0 Å². The predicted octanol–water partition coefficient (Wildman–Crippen LogP) is 5.60. The first-order chi connectivity index (χ1) is 13.1. The number of esters is 2. The molecule has 0 spiro atoms. The molecule has 0 aliphatic carbocycles. The lowest BCUT2D eigenvalue weighted by Gasteiger charge is -2.08. The summed E-state index contributed by atoms with van der Waals surface area (Å²) >= 11 is 0. The predicted molar refractivity (Wildman–Crippen MR) is 110 cm³/mol. The fourth-order valence-corrected chi connectivity index (χ4v) is 2.63. The molecule has 0 aromatic heterocycles. The second kappa shape index (κ2) is 19.0. The lowest BCUT2D eigenvalue weighted by molar-refractivity contribution is -0.140. The second-order valence-electron chi connectivity index (χ2n) is 7.04. The third kappa shape index (κ3) is 18.8. The Morgan fingerprint density at radius 2 is 1.41 bits per heavy atom. The van der Waals surface area contributed by atoms with Crippen LogP contribution >= 0.6 is 0 Å². The smallest absolute Gasteiger partial charge is 0.331 e. The molecular formula is C23H38O4. The van der Waals surface area contributed by atoms with Crippen molar-refractivity contribution < 1.29 is 19.1 Å². The van der Waals surface area contributed by atoms with E-state index in [0.717, 1.165) is 37.8 Å². The largest absolute Gasteiger partial charge is 0.462 e. The first-order valence-corrected chi connectivity index (χ1v) is 10.6. The molecule has 4 nitrogen and oxygen atoms in total. The van der Waals surface area contributed by atoms with Gasteiger partial charge in [-0.1, -0.05) is 84.0 Å². The Bertz CT molecular complexity index is 471. The zero-order valence-corrected chi connectivity index (χ0v) is 17.6. The summed E-state index contributed by atoms with van der Waals surface area (Å²) in [5, 5.41) is 0. The molecule has 0 heterocycles. The summed E-state index contributed by atoms with van der Waals surface area (Å²) in [7, 11) is 0. The Morgan fingerprint density at radius 3 is 2.04 bits per heavy atom. The molecule has 0 aromatic carbocycles. The fourth-order valence-electron chi connectivity index (χ4n) is 2.63. The van der Waals surface area contributed by atoms with Gasteiger partial charge in [0.15, 0.2) is 6.61 Å². The summed E-state index contributed by atoms with van der Waals surface area (Å²) < 4.78 is 9.99. The molecule has 1 atom stereocenters. The quantitative estimate of drug-likeness (QED) is 0.161. The molecule has 4 heteroatoms. The maximum absolute atomic E-state index is 11.5. The van der Waals surface area contributed by atoms with Crippen molar-refractivity contribution in [2.24, 2.45) is 5.92 Å². The molecule has 0 radical (unpaired) electrons. The number of carbonyl (C=O) groups excluding carboxylic acids is 2. The monoisotopic (exact) mass is 378 g/mol. The van der Waals surface area contributed by atoms with Crippen LogP contribution in [-0.4, -0.2) is 25.2 Å². The van der Waals surface area contributed by atoms with Gasteiger partial charge in [-0.3, -0.25) is 0 Å². The van der Waals surface area contributed by atoms with Gasteiger partial charge < -0.3 is 9.47 Å². The molecular weight excluding hydrogens is 340 g/mol. The van der Waals surface area contributed by atoms with E-state index >= 15 is 0 Å². The first kappa shape index (κ1) is 25.2. The molecule has 27 heavy (non-hydrogen) atoms. The highest BCUT2D eigenvalue weighted by Gasteiger charge is 2.05. The lowest BCUT2D eigenvalue weighted by Crippen LogP contribution is -2.10. The van der Waals surface area contributed by atoms with Crippen LogP contribution in [0.5, 0.6) is 0 Å². The van der Waals surface area contributed by atoms with Gasteiger partial charge >= 0.3 is 11.9 Å². The fraction of sp³-hybridized carbons (Fsp3) is 0.739. The van der Waals surface area contributed by atoms with Crippen molar-refractivity contribution in [3.05, 3.63) is 12.2 Å². The van der Waals surface area contributed by atoms with E-state index in [4.69, 9.17) is 9.47 Å². The van der Waals surface area contributed by atoms with E-state index in [0.29, 0.717) is 12.5 Å². The molecule has 0 aliphatic rings. The minimum atomic E-state index is -0.574. The molecule has 0 fully saturated rings. The van der Waals surface area contributed by atoms with E-state index in [1.54, 1.807) is 0 Å². The molecule has 0 saturated carbocycles. The van der Waals surface area contributed by atoms with Gasteiger partial charge in [-0.25, -0.2) is 9.59 Å². The number of unbranched alkanes of at least 4 members (excludes halogenated alkanes) is 8. The van der Waals surface area contributed by atoms with Gasteiger partial charge in [0, 0.05) is 18.6 Å². The van der Waals surface area contributed by atoms with Crippen LogP contribution in [0.4, 0.5) is 0 Å². The third-order valence-electron chi connectivity index (χ3n) is 4.21. The molecule has 0 aliphatic heterocycles. The van der Waals surface area contributed by atoms with E-state index in [1.165, 1.54) is 44.9 Å². The summed E-state index contributed by atoms with van der Waals surface area (Å²) in [6.07, 6.45) is 15.3. The molecule has 0 aromatic rings. The topological polar surface area (TPSA) is 52.6 Å². The van der Waals surface area contributed by atoms with Crippen LogP contribution in [0.3, 0.4) is 0 Å². The Hall–Kier alpha value is -1.76. The molecule has 0 saturated heterocycles. The zero-order chi connectivity index (χ0) is 20.2. The highest BCUT2D eigenvalue weighted by atomic mass is 16.5. The number of hydrogen-bond acceptors (Lipinski definition) is 4. The first-order valence-electron chi connectivity index (χ1n) is 10.6. The van der Waals surface area contributed by atoms with E-state index in [2.05, 4.69) is 25.7 Å². The van der Waals surface area contributed by atoms with Crippen LogP contribution in [0.2, 0.25) is 0 Å². The zero-order valence-electron chi connectivity index (χ0n) is 17.6. The van der Waals surface area contributed by atoms with Gasteiger partial charge in [-0.15, -0.1) is 0 Å². The van der Waals surface area contributed by atoms with Crippen molar-refractivity contribution in [1.29, 1.82) is 0 Å². The van der Waals surface area contributed by atoms with Crippen LogP contribution in [0.15, 0.2) is 12.2 Å². The summed E-state index contributed by atoms with van der Waals surface area (Å²) in [5.74, 6) is 5.09. The van der Waals surface area contributed by atoms with Crippen molar-refractivity contribution >= 4 is 11.9 Å². The lowest BCUT2D eigenvalue weighted by atomic mass is 10.1. The van der Waals surface area contributed by atoms with Gasteiger partial charge in [0.05, 0.1) is 6.61 Å². The molecule has 1 unspecified atom stereocenters. The van der Waals surface area contributed by atoms with Crippen molar-refractivity contribution in [3.63, 3.8) is 0 Å². The summed E-state index contributed by atoms with van der Waals surface area (Å²) in [5.41, 5.74) is 0. The van der Waals surface area contributed by atoms with E-state index in [1.807, 2.05) is 6.92 Å². The van der Waals surface area contributed by atoms with Gasteiger partial charge in [0.1, 0.15) is 0 Å². The average Bonchev–Trinajstić information content (AvgIpc) is 2.65. The Morgan fingerprint density at radius 1 is 0.815 bits per heavy atom. The SMILES string of the molecule is CCCCCCCCCCC#CCOC(=O)/C=C/C(=O)OCC(C)CCC. The third-order valence-corrected chi connectivity index (χ3v) is 4.21. The summed E-state index contributed by atoms with van der Waals surface area (Å²) in [6, 6.07) is 0. The maximum Gasteiger partial charge on any atom is 0.331 e. The van der Waals surface area contributed by atoms with E-state index < -0.39 is 11.9 Å². The standard InChI is InChI=1S/C23H38O4/c1-4-6-7-8-9-10-11-12-13-14-15-19-26-22(24)17-18-23(25)27-20-21(3)16-5-2/h17-18,21H,4-13,16,19-20H2,1-3H3/b18-17+. The molecule has 0 bridgehead atoms. The number of rotatable bonds is 15. The normalized spacial score (nSPS) is 11.7. The number of ether oxygens (including phenoxy) is 2. The highest BCUT2D eigenvalue weighted by molar-refractivity contribution is 5.91. The Labute approximate surface area is 166 Å². The minimum Gasteiger partial charge on any atom is -0.462 e. The van der Waals surface area contributed by atoms with Crippen LogP contribution in [0.1, 0.15) is 91.4 Å². The Balaban J connectivity index is 3.62. The number of carbonyl (C=O) groups is 2. The molecule has 0 rings (SSSR count). The van der Waals surface area contributed by atoms with E-state index in [9.17, 15) is 9.59 Å². The Kier molecular flexibility index (Phi) is 17.8. The van der Waals surface area contributed by atoms with Crippen LogP contribution in [0, 0.1) is 17.8 Å². The summed E-state index contributed by atoms with van der Waals surface area (Å²) in [6.45, 7) is 6.78. The van der Waals surface area contributed by atoms with Crippen molar-refractivity contribution in [2.75, 3.05) is 13.2 Å². The number of hydrogen-bond donors (Lipinski definition) is 0. The van der Waals surface area contributed by atoms with Gasteiger partial charge in [-0.05, 0) is 18.8 Å². The highest BCUT2D eigenvalue weighted by Crippen LogP contribution is 2.09. The molecule has 0 N–H and O–H groups in total. The van der Waals surface area contributed by atoms with Crippen molar-refractivity contribution in [2.45, 2.75) is 91.4 Å². The van der Waals surface area contributed by atoms with Crippen molar-refractivity contribution in [3.8, 4) is 11.8 Å². The van der Waals surface area contributed by atoms with Crippen LogP contribution < -0.4 is 0 Å². The van der Waals surface area contributed by atoms with Crippen molar-refractivity contribution in [1.82, 2.24) is 0 Å². The van der Waals surface area contributed by atoms with Crippen LogP contribution in [-0.2, 0) is 19.1 Å². The minimum absolute atomic E-state index is 0.0583. The average molecular weight is 379 g/mol. The maximum atomic E-state index is 11.5. The molecule has 0 amide bonds.